The van der Waals surface area contributed by atoms with E-state index in [1.54, 1.807) is 12.1 Å². The van der Waals surface area contributed by atoms with Crippen molar-refractivity contribution in [3.8, 4) is 0 Å². The van der Waals surface area contributed by atoms with Gasteiger partial charge in [-0.1, -0.05) is 18.2 Å². The Bertz CT molecular complexity index is 583. The highest BCUT2D eigenvalue weighted by Crippen LogP contribution is 2.17. The SMILES string of the molecule is CC(=O)OCc1cccc2ccc(=O)oc12. The number of hydrogen-bond acceptors (Lipinski definition) is 4. The molecule has 82 valence electrons. The molecular weight excluding hydrogens is 208 g/mol. The van der Waals surface area contributed by atoms with Gasteiger partial charge in [0.05, 0.1) is 0 Å². The van der Waals surface area contributed by atoms with Gasteiger partial charge in [-0.15, -0.1) is 0 Å². The third-order valence-corrected chi connectivity index (χ3v) is 2.16. The van der Waals surface area contributed by atoms with Crippen molar-refractivity contribution in [2.24, 2.45) is 0 Å². The molecule has 2 aromatic rings. The lowest BCUT2D eigenvalue weighted by atomic mass is 10.1. The summed E-state index contributed by atoms with van der Waals surface area (Å²) in [4.78, 5) is 21.8. The minimum atomic E-state index is -0.414. The van der Waals surface area contributed by atoms with E-state index in [0.717, 1.165) is 5.39 Å². The first-order valence-electron chi connectivity index (χ1n) is 4.82. The van der Waals surface area contributed by atoms with Gasteiger partial charge in [0.15, 0.2) is 0 Å². The van der Waals surface area contributed by atoms with Gasteiger partial charge in [0.1, 0.15) is 12.2 Å². The smallest absolute Gasteiger partial charge is 0.336 e. The first-order chi connectivity index (χ1) is 7.66. The predicted molar refractivity (Wildman–Crippen MR) is 58.0 cm³/mol. The number of carbonyl (C=O) groups excluding carboxylic acids is 1. The maximum absolute atomic E-state index is 11.1. The van der Waals surface area contributed by atoms with Crippen LogP contribution < -0.4 is 5.63 Å². The van der Waals surface area contributed by atoms with Gasteiger partial charge in [0.25, 0.3) is 0 Å². The Labute approximate surface area is 91.4 Å². The first-order valence-corrected chi connectivity index (χ1v) is 4.82. The molecule has 1 heterocycles. The summed E-state index contributed by atoms with van der Waals surface area (Å²) < 4.78 is 9.95. The lowest BCUT2D eigenvalue weighted by Crippen LogP contribution is -2.01. The van der Waals surface area contributed by atoms with Crippen LogP contribution in [0.1, 0.15) is 12.5 Å². The number of rotatable bonds is 2. The predicted octanol–water partition coefficient (Wildman–Crippen LogP) is 1.86. The zero-order valence-corrected chi connectivity index (χ0v) is 8.73. The average molecular weight is 218 g/mol. The van der Waals surface area contributed by atoms with Crippen molar-refractivity contribution in [2.45, 2.75) is 13.5 Å². The number of ether oxygens (including phenoxy) is 1. The van der Waals surface area contributed by atoms with E-state index < -0.39 is 5.63 Å². The second kappa shape index (κ2) is 4.18. The molecule has 4 nitrogen and oxygen atoms in total. The second-order valence-electron chi connectivity index (χ2n) is 3.37. The summed E-state index contributed by atoms with van der Waals surface area (Å²) in [7, 11) is 0. The molecule has 2 rings (SSSR count). The zero-order chi connectivity index (χ0) is 11.5. The Morgan fingerprint density at radius 2 is 2.12 bits per heavy atom. The molecule has 0 atom stereocenters. The van der Waals surface area contributed by atoms with Gasteiger partial charge in [-0.3, -0.25) is 4.79 Å². The lowest BCUT2D eigenvalue weighted by Gasteiger charge is -2.04. The van der Waals surface area contributed by atoms with Crippen molar-refractivity contribution in [1.29, 1.82) is 0 Å². The number of benzene rings is 1. The van der Waals surface area contributed by atoms with E-state index in [2.05, 4.69) is 0 Å². The van der Waals surface area contributed by atoms with Crippen molar-refractivity contribution in [3.63, 3.8) is 0 Å². The van der Waals surface area contributed by atoms with Crippen LogP contribution in [-0.4, -0.2) is 5.97 Å². The quantitative estimate of drug-likeness (QED) is 0.570. The molecule has 0 saturated carbocycles. The van der Waals surface area contributed by atoms with E-state index in [9.17, 15) is 9.59 Å². The van der Waals surface area contributed by atoms with Crippen LogP contribution in [0.25, 0.3) is 11.0 Å². The summed E-state index contributed by atoms with van der Waals surface area (Å²) in [5.74, 6) is -0.365. The number of para-hydroxylation sites is 1. The summed E-state index contributed by atoms with van der Waals surface area (Å²) in [6, 6.07) is 8.45. The summed E-state index contributed by atoms with van der Waals surface area (Å²) in [5.41, 5.74) is 0.740. The molecule has 0 bridgehead atoms. The van der Waals surface area contributed by atoms with Crippen LogP contribution >= 0.6 is 0 Å². The highest BCUT2D eigenvalue weighted by atomic mass is 16.5. The Balaban J connectivity index is 2.47. The third-order valence-electron chi connectivity index (χ3n) is 2.16. The monoisotopic (exact) mass is 218 g/mol. The van der Waals surface area contributed by atoms with Crippen LogP contribution in [-0.2, 0) is 16.1 Å². The second-order valence-corrected chi connectivity index (χ2v) is 3.37. The average Bonchev–Trinajstić information content (AvgIpc) is 2.26. The van der Waals surface area contributed by atoms with E-state index in [1.807, 2.05) is 12.1 Å². The van der Waals surface area contributed by atoms with Crippen LogP contribution in [0.2, 0.25) is 0 Å². The fourth-order valence-corrected chi connectivity index (χ4v) is 1.45. The van der Waals surface area contributed by atoms with Crippen molar-refractivity contribution in [2.75, 3.05) is 0 Å². The van der Waals surface area contributed by atoms with Crippen molar-refractivity contribution < 1.29 is 13.9 Å². The van der Waals surface area contributed by atoms with E-state index >= 15 is 0 Å². The molecule has 1 aromatic carbocycles. The highest BCUT2D eigenvalue weighted by molar-refractivity contribution is 5.79. The van der Waals surface area contributed by atoms with E-state index in [0.29, 0.717) is 11.1 Å². The topological polar surface area (TPSA) is 56.5 Å². The third kappa shape index (κ3) is 2.11. The van der Waals surface area contributed by atoms with Gasteiger partial charge in [0.2, 0.25) is 0 Å². The Morgan fingerprint density at radius 1 is 1.31 bits per heavy atom. The fraction of sp³-hybridized carbons (Fsp3) is 0.167. The zero-order valence-electron chi connectivity index (χ0n) is 8.73. The molecule has 0 radical (unpaired) electrons. The molecule has 0 unspecified atom stereocenters. The van der Waals surface area contributed by atoms with Gasteiger partial charge in [-0.05, 0) is 6.07 Å². The maximum atomic E-state index is 11.1. The molecule has 0 amide bonds. The van der Waals surface area contributed by atoms with Crippen LogP contribution in [0.4, 0.5) is 0 Å². The lowest BCUT2D eigenvalue weighted by molar-refractivity contribution is -0.142. The molecule has 0 aliphatic rings. The molecule has 0 fully saturated rings. The Morgan fingerprint density at radius 3 is 2.88 bits per heavy atom. The van der Waals surface area contributed by atoms with Crippen LogP contribution in [0.15, 0.2) is 39.5 Å². The van der Waals surface area contributed by atoms with Gasteiger partial charge < -0.3 is 9.15 Å². The van der Waals surface area contributed by atoms with Gasteiger partial charge in [-0.2, -0.15) is 0 Å². The summed E-state index contributed by atoms with van der Waals surface area (Å²) in [6.07, 6.45) is 0. The summed E-state index contributed by atoms with van der Waals surface area (Å²) in [5, 5.41) is 0.809. The molecular formula is C12H10O4. The molecule has 0 aliphatic carbocycles. The van der Waals surface area contributed by atoms with Gasteiger partial charge in [0, 0.05) is 23.9 Å². The fourth-order valence-electron chi connectivity index (χ4n) is 1.45. The van der Waals surface area contributed by atoms with Gasteiger partial charge >= 0.3 is 11.6 Å². The summed E-state index contributed by atoms with van der Waals surface area (Å²) in [6.45, 7) is 1.45. The molecule has 4 heteroatoms. The van der Waals surface area contributed by atoms with E-state index in [4.69, 9.17) is 9.15 Å². The molecule has 0 spiro atoms. The molecule has 0 aliphatic heterocycles. The number of carbonyl (C=O) groups is 1. The number of hydrogen-bond donors (Lipinski definition) is 0. The molecule has 16 heavy (non-hydrogen) atoms. The highest BCUT2D eigenvalue weighted by Gasteiger charge is 2.05. The van der Waals surface area contributed by atoms with Crippen LogP contribution in [0.3, 0.4) is 0 Å². The maximum Gasteiger partial charge on any atom is 0.336 e. The van der Waals surface area contributed by atoms with E-state index in [1.165, 1.54) is 13.0 Å². The molecule has 0 N–H and O–H groups in total. The number of fused-ring (bicyclic) bond motifs is 1. The summed E-state index contributed by atoms with van der Waals surface area (Å²) >= 11 is 0. The largest absolute Gasteiger partial charge is 0.461 e. The normalized spacial score (nSPS) is 10.3. The standard InChI is InChI=1S/C12H10O4/c1-8(13)15-7-10-4-2-3-9-5-6-11(14)16-12(9)10/h2-6H,7H2,1H3. The van der Waals surface area contributed by atoms with Crippen molar-refractivity contribution in [1.82, 2.24) is 0 Å². The van der Waals surface area contributed by atoms with Crippen LogP contribution in [0.5, 0.6) is 0 Å². The molecule has 1 aromatic heterocycles. The minimum Gasteiger partial charge on any atom is -0.461 e. The number of esters is 1. The Hall–Kier alpha value is -2.10. The minimum absolute atomic E-state index is 0.111. The van der Waals surface area contributed by atoms with Crippen molar-refractivity contribution in [3.05, 3.63) is 46.3 Å². The first kappa shape index (κ1) is 10.4. The van der Waals surface area contributed by atoms with E-state index in [-0.39, 0.29) is 12.6 Å². The van der Waals surface area contributed by atoms with Gasteiger partial charge in [-0.25, -0.2) is 4.79 Å². The Kier molecular flexibility index (Phi) is 2.72. The van der Waals surface area contributed by atoms with Crippen molar-refractivity contribution >= 4 is 16.9 Å². The van der Waals surface area contributed by atoms with Crippen LogP contribution in [0, 0.1) is 0 Å². The molecule has 0 saturated heterocycles.